The number of benzene rings is 1. The SMILES string of the molecule is OCCCc1cc(-n2ccnc2)ccc1I. The van der Waals surface area contributed by atoms with E-state index in [1.165, 1.54) is 9.13 Å². The van der Waals surface area contributed by atoms with Crippen molar-refractivity contribution >= 4 is 22.6 Å². The Morgan fingerprint density at radius 3 is 2.94 bits per heavy atom. The molecule has 0 aliphatic heterocycles. The normalized spacial score (nSPS) is 10.6. The summed E-state index contributed by atoms with van der Waals surface area (Å²) in [5.41, 5.74) is 2.40. The van der Waals surface area contributed by atoms with Crippen LogP contribution in [0.2, 0.25) is 0 Å². The van der Waals surface area contributed by atoms with Crippen LogP contribution >= 0.6 is 22.6 Å². The molecule has 4 heteroatoms. The average Bonchev–Trinajstić information content (AvgIpc) is 2.81. The van der Waals surface area contributed by atoms with E-state index in [9.17, 15) is 0 Å². The fourth-order valence-electron chi connectivity index (χ4n) is 1.59. The lowest BCUT2D eigenvalue weighted by atomic mass is 10.1. The van der Waals surface area contributed by atoms with E-state index in [0.717, 1.165) is 18.5 Å². The van der Waals surface area contributed by atoms with Crippen LogP contribution in [-0.2, 0) is 6.42 Å². The van der Waals surface area contributed by atoms with Gasteiger partial charge in [-0.05, 0) is 59.2 Å². The van der Waals surface area contributed by atoms with Crippen LogP contribution < -0.4 is 0 Å². The summed E-state index contributed by atoms with van der Waals surface area (Å²) in [6.07, 6.45) is 7.21. The van der Waals surface area contributed by atoms with Gasteiger partial charge in [0.2, 0.25) is 0 Å². The number of aryl methyl sites for hydroxylation is 1. The Balaban J connectivity index is 2.28. The highest BCUT2D eigenvalue weighted by Gasteiger charge is 2.02. The highest BCUT2D eigenvalue weighted by molar-refractivity contribution is 14.1. The van der Waals surface area contributed by atoms with Crippen molar-refractivity contribution in [1.82, 2.24) is 9.55 Å². The second-order valence-corrected chi connectivity index (χ2v) is 4.74. The van der Waals surface area contributed by atoms with Crippen molar-refractivity contribution in [3.8, 4) is 5.69 Å². The summed E-state index contributed by atoms with van der Waals surface area (Å²) in [6, 6.07) is 6.33. The lowest BCUT2D eigenvalue weighted by Crippen LogP contribution is -1.96. The molecule has 0 radical (unpaired) electrons. The van der Waals surface area contributed by atoms with Crippen LogP contribution in [0.5, 0.6) is 0 Å². The number of rotatable bonds is 4. The first-order valence-electron chi connectivity index (χ1n) is 5.19. The molecule has 1 N–H and O–H groups in total. The zero-order valence-electron chi connectivity index (χ0n) is 8.81. The summed E-state index contributed by atoms with van der Waals surface area (Å²) >= 11 is 2.33. The van der Waals surface area contributed by atoms with Crippen LogP contribution in [-0.4, -0.2) is 21.3 Å². The van der Waals surface area contributed by atoms with Gasteiger partial charge in [-0.1, -0.05) is 0 Å². The highest BCUT2D eigenvalue weighted by atomic mass is 127. The quantitative estimate of drug-likeness (QED) is 0.876. The van der Waals surface area contributed by atoms with Crippen molar-refractivity contribution in [3.63, 3.8) is 0 Å². The van der Waals surface area contributed by atoms with E-state index in [0.29, 0.717) is 0 Å². The standard InChI is InChI=1S/C12H13IN2O/c13-12-4-3-11(15-6-5-14-9-15)8-10(12)2-1-7-16/h3-6,8-9,16H,1-2,7H2. The largest absolute Gasteiger partial charge is 0.396 e. The molecule has 0 saturated heterocycles. The molecule has 0 spiro atoms. The van der Waals surface area contributed by atoms with Crippen molar-refractivity contribution in [2.24, 2.45) is 0 Å². The summed E-state index contributed by atoms with van der Waals surface area (Å²) < 4.78 is 3.23. The summed E-state index contributed by atoms with van der Waals surface area (Å²) in [7, 11) is 0. The van der Waals surface area contributed by atoms with E-state index < -0.39 is 0 Å². The van der Waals surface area contributed by atoms with E-state index in [-0.39, 0.29) is 6.61 Å². The van der Waals surface area contributed by atoms with Crippen molar-refractivity contribution in [3.05, 3.63) is 46.1 Å². The Bertz CT molecular complexity index is 454. The maximum absolute atomic E-state index is 8.85. The minimum atomic E-state index is 0.241. The van der Waals surface area contributed by atoms with Crippen molar-refractivity contribution in [1.29, 1.82) is 0 Å². The predicted molar refractivity (Wildman–Crippen MR) is 71.7 cm³/mol. The molecule has 1 aromatic carbocycles. The molecule has 2 rings (SSSR count). The minimum Gasteiger partial charge on any atom is -0.396 e. The number of aromatic nitrogens is 2. The molecular weight excluding hydrogens is 315 g/mol. The lowest BCUT2D eigenvalue weighted by molar-refractivity contribution is 0.288. The summed E-state index contributed by atoms with van der Waals surface area (Å²) in [5.74, 6) is 0. The van der Waals surface area contributed by atoms with Crippen LogP contribution in [0.25, 0.3) is 5.69 Å². The molecular formula is C12H13IN2O. The van der Waals surface area contributed by atoms with Gasteiger partial charge in [0, 0.05) is 28.3 Å². The first-order valence-corrected chi connectivity index (χ1v) is 6.27. The number of hydrogen-bond donors (Lipinski definition) is 1. The maximum Gasteiger partial charge on any atom is 0.0991 e. The van der Waals surface area contributed by atoms with Gasteiger partial charge in [-0.15, -0.1) is 0 Å². The van der Waals surface area contributed by atoms with Gasteiger partial charge < -0.3 is 9.67 Å². The van der Waals surface area contributed by atoms with Crippen molar-refractivity contribution < 1.29 is 5.11 Å². The molecule has 16 heavy (non-hydrogen) atoms. The van der Waals surface area contributed by atoms with Gasteiger partial charge in [-0.3, -0.25) is 0 Å². The third-order valence-electron chi connectivity index (χ3n) is 2.44. The number of hydrogen-bond acceptors (Lipinski definition) is 2. The lowest BCUT2D eigenvalue weighted by Gasteiger charge is -2.07. The van der Waals surface area contributed by atoms with Gasteiger partial charge in [0.05, 0.1) is 6.33 Å². The van der Waals surface area contributed by atoms with Gasteiger partial charge >= 0.3 is 0 Å². The van der Waals surface area contributed by atoms with Crippen molar-refractivity contribution in [2.75, 3.05) is 6.61 Å². The molecule has 1 aromatic heterocycles. The number of halogens is 1. The zero-order valence-corrected chi connectivity index (χ0v) is 11.0. The molecule has 1 heterocycles. The number of aliphatic hydroxyl groups excluding tert-OH is 1. The Hall–Kier alpha value is -0.880. The third-order valence-corrected chi connectivity index (χ3v) is 3.49. The molecule has 3 nitrogen and oxygen atoms in total. The van der Waals surface area contributed by atoms with E-state index in [2.05, 4.69) is 45.8 Å². The fraction of sp³-hybridized carbons (Fsp3) is 0.250. The summed E-state index contributed by atoms with van der Waals surface area (Å²) in [4.78, 5) is 4.03. The second-order valence-electron chi connectivity index (χ2n) is 3.57. The average molecular weight is 328 g/mol. The molecule has 84 valence electrons. The molecule has 0 aliphatic rings. The summed E-state index contributed by atoms with van der Waals surface area (Å²) in [5, 5.41) is 8.85. The van der Waals surface area contributed by atoms with E-state index in [1.54, 1.807) is 12.5 Å². The van der Waals surface area contributed by atoms with Crippen LogP contribution in [0.15, 0.2) is 36.9 Å². The second kappa shape index (κ2) is 5.45. The molecule has 0 atom stereocenters. The predicted octanol–water partition coefficient (Wildman–Crippen LogP) is 2.40. The Labute approximate surface area is 108 Å². The van der Waals surface area contributed by atoms with E-state index >= 15 is 0 Å². The van der Waals surface area contributed by atoms with Crippen LogP contribution in [0, 0.1) is 3.57 Å². The molecule has 0 amide bonds. The highest BCUT2D eigenvalue weighted by Crippen LogP contribution is 2.18. The van der Waals surface area contributed by atoms with Crippen LogP contribution in [0.4, 0.5) is 0 Å². The molecule has 0 saturated carbocycles. The topological polar surface area (TPSA) is 38.0 Å². The van der Waals surface area contributed by atoms with Gasteiger partial charge in [-0.25, -0.2) is 4.98 Å². The molecule has 0 fully saturated rings. The zero-order chi connectivity index (χ0) is 11.4. The number of aliphatic hydroxyl groups is 1. The Morgan fingerprint density at radius 1 is 1.38 bits per heavy atom. The minimum absolute atomic E-state index is 0.241. The van der Waals surface area contributed by atoms with Gasteiger partial charge in [0.15, 0.2) is 0 Å². The van der Waals surface area contributed by atoms with Gasteiger partial charge in [-0.2, -0.15) is 0 Å². The monoisotopic (exact) mass is 328 g/mol. The molecule has 0 bridgehead atoms. The molecule has 2 aromatic rings. The van der Waals surface area contributed by atoms with Gasteiger partial charge in [0.25, 0.3) is 0 Å². The maximum atomic E-state index is 8.85. The van der Waals surface area contributed by atoms with Gasteiger partial charge in [0.1, 0.15) is 0 Å². The third kappa shape index (κ3) is 2.62. The fourth-order valence-corrected chi connectivity index (χ4v) is 2.20. The van der Waals surface area contributed by atoms with E-state index in [4.69, 9.17) is 5.11 Å². The molecule has 0 unspecified atom stereocenters. The van der Waals surface area contributed by atoms with Crippen LogP contribution in [0.3, 0.4) is 0 Å². The number of nitrogens with zero attached hydrogens (tertiary/aromatic N) is 2. The smallest absolute Gasteiger partial charge is 0.0991 e. The van der Waals surface area contributed by atoms with Crippen molar-refractivity contribution in [2.45, 2.75) is 12.8 Å². The van der Waals surface area contributed by atoms with Crippen LogP contribution in [0.1, 0.15) is 12.0 Å². The first kappa shape index (κ1) is 11.6. The first-order chi connectivity index (χ1) is 7.81. The Morgan fingerprint density at radius 2 is 2.25 bits per heavy atom. The Kier molecular flexibility index (Phi) is 3.95. The van der Waals surface area contributed by atoms with E-state index in [1.807, 2.05) is 10.8 Å². The molecule has 0 aliphatic carbocycles. The number of imidazole rings is 1. The summed E-state index contributed by atoms with van der Waals surface area (Å²) in [6.45, 7) is 0.241.